The van der Waals surface area contributed by atoms with Gasteiger partial charge in [0.25, 0.3) is 0 Å². The maximum Gasteiger partial charge on any atom is 0.195 e. The van der Waals surface area contributed by atoms with Crippen molar-refractivity contribution in [1.82, 2.24) is 0 Å². The highest BCUT2D eigenvalue weighted by atomic mass is 16.6. The number of hydrogen-bond donors (Lipinski definition) is 0. The van der Waals surface area contributed by atoms with Gasteiger partial charge in [-0.25, -0.2) is 5.11 Å². The summed E-state index contributed by atoms with van der Waals surface area (Å²) in [6, 6.07) is 14.1. The van der Waals surface area contributed by atoms with Gasteiger partial charge in [0.1, 0.15) is 0 Å². The molecule has 0 aliphatic heterocycles. The maximum atomic E-state index is 11.3. The summed E-state index contributed by atoms with van der Waals surface area (Å²) in [6.07, 6.45) is -0.562. The number of rotatable bonds is 3. The Balaban J connectivity index is 2.42. The molecule has 0 spiro atoms. The molecule has 0 aliphatic carbocycles. The molecule has 2 nitrogen and oxygen atoms in total. The number of methoxy groups -OCH3 is 1. The molecule has 1 atom stereocenters. The van der Waals surface area contributed by atoms with E-state index in [1.165, 1.54) is 12.5 Å². The van der Waals surface area contributed by atoms with E-state index in [1.807, 2.05) is 42.5 Å². The van der Waals surface area contributed by atoms with E-state index in [0.29, 0.717) is 6.42 Å². The van der Waals surface area contributed by atoms with Crippen LogP contribution in [-0.4, -0.2) is 13.4 Å². The minimum absolute atomic E-state index is 0.415. The first-order valence-corrected chi connectivity index (χ1v) is 4.96. The normalized spacial score (nSPS) is 12.9. The highest BCUT2D eigenvalue weighted by Crippen LogP contribution is 2.19. The fraction of sp³-hybridized carbons (Fsp3) is 0.231. The van der Waals surface area contributed by atoms with E-state index in [2.05, 4.69) is 0 Å². The Bertz CT molecular complexity index is 446. The molecule has 1 radical (unpaired) electrons. The van der Waals surface area contributed by atoms with Crippen LogP contribution in [0.2, 0.25) is 0 Å². The SMILES string of the molecule is COC([O])Cc1cccc2ccccc12. The molecule has 77 valence electrons. The van der Waals surface area contributed by atoms with E-state index in [-0.39, 0.29) is 0 Å². The molecule has 2 rings (SSSR count). The monoisotopic (exact) mass is 201 g/mol. The molecule has 15 heavy (non-hydrogen) atoms. The smallest absolute Gasteiger partial charge is 0.195 e. The Morgan fingerprint density at radius 2 is 1.87 bits per heavy atom. The summed E-state index contributed by atoms with van der Waals surface area (Å²) >= 11 is 0. The van der Waals surface area contributed by atoms with Crippen molar-refractivity contribution in [2.45, 2.75) is 12.7 Å². The van der Waals surface area contributed by atoms with E-state index in [1.54, 1.807) is 0 Å². The summed E-state index contributed by atoms with van der Waals surface area (Å²) in [5.41, 5.74) is 1.05. The fourth-order valence-electron chi connectivity index (χ4n) is 1.73. The second kappa shape index (κ2) is 4.43. The summed E-state index contributed by atoms with van der Waals surface area (Å²) in [5.74, 6) is 0. The molecular formula is C13H13O2. The largest absolute Gasteiger partial charge is 0.353 e. The summed E-state index contributed by atoms with van der Waals surface area (Å²) in [4.78, 5) is 0. The quantitative estimate of drug-likeness (QED) is 0.702. The van der Waals surface area contributed by atoms with Crippen molar-refractivity contribution < 1.29 is 9.84 Å². The first kappa shape index (κ1) is 10.1. The third kappa shape index (κ3) is 2.17. The lowest BCUT2D eigenvalue weighted by molar-refractivity contribution is -0.117. The van der Waals surface area contributed by atoms with Crippen LogP contribution in [0.4, 0.5) is 0 Å². The summed E-state index contributed by atoms with van der Waals surface area (Å²) in [5, 5.41) is 13.6. The van der Waals surface area contributed by atoms with E-state index < -0.39 is 6.29 Å². The van der Waals surface area contributed by atoms with Crippen LogP contribution in [0.5, 0.6) is 0 Å². The van der Waals surface area contributed by atoms with Gasteiger partial charge in [-0.05, 0) is 16.3 Å². The van der Waals surface area contributed by atoms with Crippen LogP contribution in [-0.2, 0) is 16.3 Å². The molecule has 2 aromatic rings. The van der Waals surface area contributed by atoms with Gasteiger partial charge < -0.3 is 4.74 Å². The Kier molecular flexibility index (Phi) is 2.99. The molecule has 1 unspecified atom stereocenters. The Morgan fingerprint density at radius 1 is 1.13 bits per heavy atom. The predicted molar refractivity (Wildman–Crippen MR) is 59.1 cm³/mol. The molecule has 0 saturated carbocycles. The lowest BCUT2D eigenvalue weighted by Crippen LogP contribution is -2.10. The van der Waals surface area contributed by atoms with Gasteiger partial charge in [0.05, 0.1) is 0 Å². The molecule has 0 aromatic heterocycles. The zero-order valence-corrected chi connectivity index (χ0v) is 8.64. The molecule has 0 saturated heterocycles. The van der Waals surface area contributed by atoms with Crippen LogP contribution in [0.15, 0.2) is 42.5 Å². The van der Waals surface area contributed by atoms with Gasteiger partial charge in [-0.15, -0.1) is 0 Å². The van der Waals surface area contributed by atoms with Crippen LogP contribution < -0.4 is 0 Å². The van der Waals surface area contributed by atoms with Gasteiger partial charge >= 0.3 is 0 Å². The number of hydrogen-bond acceptors (Lipinski definition) is 1. The third-order valence-corrected chi connectivity index (χ3v) is 2.53. The molecular weight excluding hydrogens is 188 g/mol. The zero-order valence-electron chi connectivity index (χ0n) is 8.64. The Morgan fingerprint density at radius 3 is 2.67 bits per heavy atom. The minimum Gasteiger partial charge on any atom is -0.353 e. The highest BCUT2D eigenvalue weighted by Gasteiger charge is 2.07. The van der Waals surface area contributed by atoms with E-state index in [0.717, 1.165) is 10.9 Å². The maximum absolute atomic E-state index is 11.3. The standard InChI is InChI=1S/C13H13O2/c1-15-13(14)9-11-7-4-6-10-5-2-3-8-12(10)11/h2-8,13H,9H2,1H3. The van der Waals surface area contributed by atoms with Gasteiger partial charge in [0, 0.05) is 13.5 Å². The lowest BCUT2D eigenvalue weighted by atomic mass is 10.0. The van der Waals surface area contributed by atoms with Crippen LogP contribution in [0.25, 0.3) is 10.8 Å². The third-order valence-electron chi connectivity index (χ3n) is 2.53. The molecule has 0 heterocycles. The second-order valence-corrected chi connectivity index (χ2v) is 3.51. The van der Waals surface area contributed by atoms with Gasteiger partial charge in [-0.1, -0.05) is 42.5 Å². The van der Waals surface area contributed by atoms with E-state index in [4.69, 9.17) is 4.74 Å². The average Bonchev–Trinajstić information content (AvgIpc) is 2.29. The topological polar surface area (TPSA) is 29.1 Å². The zero-order chi connectivity index (χ0) is 10.7. The second-order valence-electron chi connectivity index (χ2n) is 3.51. The number of ether oxygens (including phenoxy) is 1. The molecule has 0 fully saturated rings. The first-order valence-electron chi connectivity index (χ1n) is 4.96. The van der Waals surface area contributed by atoms with Gasteiger partial charge in [-0.3, -0.25) is 0 Å². The molecule has 2 aromatic carbocycles. The highest BCUT2D eigenvalue weighted by molar-refractivity contribution is 5.85. The summed E-state index contributed by atoms with van der Waals surface area (Å²) in [6.45, 7) is 0. The van der Waals surface area contributed by atoms with Crippen LogP contribution in [0, 0.1) is 0 Å². The van der Waals surface area contributed by atoms with Gasteiger partial charge in [-0.2, -0.15) is 0 Å². The fourth-order valence-corrected chi connectivity index (χ4v) is 1.73. The van der Waals surface area contributed by atoms with Crippen LogP contribution >= 0.6 is 0 Å². The van der Waals surface area contributed by atoms with E-state index >= 15 is 0 Å². The van der Waals surface area contributed by atoms with Crippen molar-refractivity contribution in [2.24, 2.45) is 0 Å². The van der Waals surface area contributed by atoms with Crippen molar-refractivity contribution in [3.63, 3.8) is 0 Å². The first-order chi connectivity index (χ1) is 7.31. The molecule has 0 N–H and O–H groups in total. The Labute approximate surface area is 89.1 Å². The van der Waals surface area contributed by atoms with Crippen molar-refractivity contribution in [1.29, 1.82) is 0 Å². The molecule has 0 bridgehead atoms. The summed E-state index contributed by atoms with van der Waals surface area (Å²) in [7, 11) is 1.45. The van der Waals surface area contributed by atoms with Gasteiger partial charge in [0.2, 0.25) is 0 Å². The van der Waals surface area contributed by atoms with Crippen LogP contribution in [0.3, 0.4) is 0 Å². The van der Waals surface area contributed by atoms with Crippen LogP contribution in [0.1, 0.15) is 5.56 Å². The minimum atomic E-state index is -0.976. The van der Waals surface area contributed by atoms with Gasteiger partial charge in [0.15, 0.2) is 6.29 Å². The Hall–Kier alpha value is -1.38. The van der Waals surface area contributed by atoms with Crippen molar-refractivity contribution in [2.75, 3.05) is 7.11 Å². The molecule has 0 aliphatic rings. The van der Waals surface area contributed by atoms with Crippen molar-refractivity contribution >= 4 is 10.8 Å². The number of benzene rings is 2. The number of fused-ring (bicyclic) bond motifs is 1. The van der Waals surface area contributed by atoms with Crippen molar-refractivity contribution in [3.05, 3.63) is 48.0 Å². The summed E-state index contributed by atoms with van der Waals surface area (Å²) < 4.78 is 4.75. The predicted octanol–water partition coefficient (Wildman–Crippen LogP) is 2.79. The molecule has 0 amide bonds. The van der Waals surface area contributed by atoms with E-state index in [9.17, 15) is 5.11 Å². The lowest BCUT2D eigenvalue weighted by Gasteiger charge is -2.09. The molecule has 2 heteroatoms. The van der Waals surface area contributed by atoms with Crippen molar-refractivity contribution in [3.8, 4) is 0 Å². The average molecular weight is 201 g/mol.